The molecule has 3 heteroatoms. The van der Waals surface area contributed by atoms with Crippen molar-refractivity contribution in [1.82, 2.24) is 5.32 Å². The topological polar surface area (TPSA) is 38.0 Å². The molecule has 0 spiro atoms. The van der Waals surface area contributed by atoms with Crippen LogP contribution in [0.4, 0.5) is 0 Å². The van der Waals surface area contributed by atoms with Gasteiger partial charge in [0, 0.05) is 29.4 Å². The van der Waals surface area contributed by atoms with Crippen LogP contribution in [0.25, 0.3) is 0 Å². The third-order valence-corrected chi connectivity index (χ3v) is 3.25. The molecule has 0 saturated carbocycles. The van der Waals surface area contributed by atoms with Gasteiger partial charge < -0.3 is 11.1 Å². The van der Waals surface area contributed by atoms with Crippen LogP contribution in [-0.2, 0) is 19.5 Å². The summed E-state index contributed by atoms with van der Waals surface area (Å²) >= 11 is 1.87. The molecule has 0 amide bonds. The number of hydrogen-bond donors (Lipinski definition) is 2. The van der Waals surface area contributed by atoms with Crippen LogP contribution in [0.3, 0.4) is 0 Å². The zero-order valence-corrected chi connectivity index (χ0v) is 7.21. The molecule has 60 valence electrons. The predicted octanol–water partition coefficient (Wildman–Crippen LogP) is 0.853. The van der Waals surface area contributed by atoms with E-state index in [1.165, 1.54) is 21.7 Å². The maximum Gasteiger partial charge on any atom is 0.0274 e. The monoisotopic (exact) mass is 168 g/mol. The second-order valence-corrected chi connectivity index (χ2v) is 4.01. The summed E-state index contributed by atoms with van der Waals surface area (Å²) in [6.45, 7) is 2.85. The minimum atomic E-state index is 0.692. The fourth-order valence-electron chi connectivity index (χ4n) is 1.41. The third-order valence-electron chi connectivity index (χ3n) is 1.99. The van der Waals surface area contributed by atoms with Gasteiger partial charge in [0.15, 0.2) is 0 Å². The van der Waals surface area contributed by atoms with Crippen molar-refractivity contribution in [2.45, 2.75) is 19.5 Å². The maximum atomic E-state index is 5.55. The quantitative estimate of drug-likeness (QED) is 0.652. The number of rotatable bonds is 1. The fraction of sp³-hybridized carbons (Fsp3) is 0.500. The first-order chi connectivity index (χ1) is 5.40. The summed E-state index contributed by atoms with van der Waals surface area (Å²) < 4.78 is 0. The minimum absolute atomic E-state index is 0.692. The highest BCUT2D eigenvalue weighted by molar-refractivity contribution is 7.12. The molecule has 1 aliphatic rings. The number of thiophene rings is 1. The Balaban J connectivity index is 2.32. The fourth-order valence-corrected chi connectivity index (χ4v) is 2.48. The first-order valence-corrected chi connectivity index (χ1v) is 4.73. The number of hydrogen-bond acceptors (Lipinski definition) is 3. The summed E-state index contributed by atoms with van der Waals surface area (Å²) in [6.07, 6.45) is 1.18. The van der Waals surface area contributed by atoms with E-state index >= 15 is 0 Å². The zero-order chi connectivity index (χ0) is 7.68. The average molecular weight is 168 g/mol. The van der Waals surface area contributed by atoms with Gasteiger partial charge in [0.2, 0.25) is 0 Å². The van der Waals surface area contributed by atoms with Gasteiger partial charge in [-0.05, 0) is 18.1 Å². The molecule has 2 heterocycles. The van der Waals surface area contributed by atoms with Crippen LogP contribution in [0, 0.1) is 0 Å². The Morgan fingerprint density at radius 2 is 2.55 bits per heavy atom. The smallest absolute Gasteiger partial charge is 0.0274 e. The van der Waals surface area contributed by atoms with Crippen molar-refractivity contribution < 1.29 is 0 Å². The summed E-state index contributed by atoms with van der Waals surface area (Å²) in [6, 6.07) is 2.23. The van der Waals surface area contributed by atoms with Crippen molar-refractivity contribution >= 4 is 11.3 Å². The van der Waals surface area contributed by atoms with Crippen molar-refractivity contribution in [3.05, 3.63) is 21.4 Å². The first-order valence-electron chi connectivity index (χ1n) is 3.91. The Morgan fingerprint density at radius 3 is 3.27 bits per heavy atom. The van der Waals surface area contributed by atoms with Gasteiger partial charge in [0.1, 0.15) is 0 Å². The molecule has 0 aliphatic carbocycles. The van der Waals surface area contributed by atoms with E-state index in [1.54, 1.807) is 0 Å². The van der Waals surface area contributed by atoms with Crippen molar-refractivity contribution in [1.29, 1.82) is 0 Å². The Morgan fingerprint density at radius 1 is 1.64 bits per heavy atom. The highest BCUT2D eigenvalue weighted by Gasteiger charge is 2.11. The molecule has 0 radical (unpaired) electrons. The van der Waals surface area contributed by atoms with E-state index in [-0.39, 0.29) is 0 Å². The van der Waals surface area contributed by atoms with Crippen LogP contribution in [0.5, 0.6) is 0 Å². The molecule has 11 heavy (non-hydrogen) atoms. The summed E-state index contributed by atoms with van der Waals surface area (Å²) in [7, 11) is 0. The van der Waals surface area contributed by atoms with Crippen molar-refractivity contribution in [2.24, 2.45) is 5.73 Å². The van der Waals surface area contributed by atoms with E-state index < -0.39 is 0 Å². The van der Waals surface area contributed by atoms with Crippen LogP contribution >= 0.6 is 11.3 Å². The Bertz CT molecular complexity index is 231. The van der Waals surface area contributed by atoms with Crippen LogP contribution in [0.15, 0.2) is 6.07 Å². The molecule has 0 aromatic carbocycles. The number of nitrogens with two attached hydrogens (primary N) is 1. The third kappa shape index (κ3) is 1.31. The lowest BCUT2D eigenvalue weighted by atomic mass is 10.1. The van der Waals surface area contributed by atoms with Crippen molar-refractivity contribution in [3.63, 3.8) is 0 Å². The highest BCUT2D eigenvalue weighted by Crippen LogP contribution is 2.24. The molecule has 0 unspecified atom stereocenters. The second-order valence-electron chi connectivity index (χ2n) is 2.79. The van der Waals surface area contributed by atoms with Crippen LogP contribution in [0.1, 0.15) is 15.3 Å². The SMILES string of the molecule is NCc1cc2c(s1)CCNC2. The van der Waals surface area contributed by atoms with Gasteiger partial charge in [-0.2, -0.15) is 0 Å². The first kappa shape index (κ1) is 7.28. The van der Waals surface area contributed by atoms with Gasteiger partial charge in [0.05, 0.1) is 0 Å². The van der Waals surface area contributed by atoms with Gasteiger partial charge in [-0.15, -0.1) is 11.3 Å². The molecular weight excluding hydrogens is 156 g/mol. The van der Waals surface area contributed by atoms with Crippen LogP contribution in [-0.4, -0.2) is 6.54 Å². The van der Waals surface area contributed by atoms with Gasteiger partial charge in [0.25, 0.3) is 0 Å². The largest absolute Gasteiger partial charge is 0.326 e. The van der Waals surface area contributed by atoms with Crippen LogP contribution in [0.2, 0.25) is 0 Å². The van der Waals surface area contributed by atoms with Gasteiger partial charge >= 0.3 is 0 Å². The molecule has 0 bridgehead atoms. The standard InChI is InChI=1S/C8H12N2S/c9-4-7-3-6-5-10-2-1-8(6)11-7/h3,10H,1-2,4-5,9H2. The Hall–Kier alpha value is -0.380. The van der Waals surface area contributed by atoms with E-state index in [0.717, 1.165) is 13.1 Å². The van der Waals surface area contributed by atoms with Gasteiger partial charge in [-0.1, -0.05) is 0 Å². The predicted molar refractivity (Wildman–Crippen MR) is 47.6 cm³/mol. The molecule has 0 atom stereocenters. The highest BCUT2D eigenvalue weighted by atomic mass is 32.1. The van der Waals surface area contributed by atoms with Gasteiger partial charge in [-0.25, -0.2) is 0 Å². The number of nitrogens with one attached hydrogen (secondary N) is 1. The molecule has 1 aromatic heterocycles. The molecule has 1 aliphatic heterocycles. The molecule has 0 saturated heterocycles. The second kappa shape index (κ2) is 2.93. The molecular formula is C8H12N2S. The molecule has 1 aromatic rings. The van der Waals surface area contributed by atoms with E-state index in [4.69, 9.17) is 5.73 Å². The van der Waals surface area contributed by atoms with Crippen molar-refractivity contribution in [2.75, 3.05) is 6.54 Å². The molecule has 0 fully saturated rings. The lowest BCUT2D eigenvalue weighted by Gasteiger charge is -2.10. The zero-order valence-electron chi connectivity index (χ0n) is 6.39. The van der Waals surface area contributed by atoms with E-state index in [2.05, 4.69) is 11.4 Å². The summed E-state index contributed by atoms with van der Waals surface area (Å²) in [5, 5.41) is 3.34. The lowest BCUT2D eigenvalue weighted by molar-refractivity contribution is 0.652. The summed E-state index contributed by atoms with van der Waals surface area (Å²) in [5.41, 5.74) is 7.01. The van der Waals surface area contributed by atoms with E-state index in [0.29, 0.717) is 6.54 Å². The Kier molecular flexibility index (Phi) is 1.94. The number of fused-ring (bicyclic) bond motifs is 1. The Labute approximate surface area is 70.4 Å². The van der Waals surface area contributed by atoms with Crippen molar-refractivity contribution in [3.8, 4) is 0 Å². The van der Waals surface area contributed by atoms with E-state index in [9.17, 15) is 0 Å². The molecule has 2 nitrogen and oxygen atoms in total. The van der Waals surface area contributed by atoms with Gasteiger partial charge in [-0.3, -0.25) is 0 Å². The summed E-state index contributed by atoms with van der Waals surface area (Å²) in [5.74, 6) is 0. The average Bonchev–Trinajstić information content (AvgIpc) is 2.46. The normalized spacial score (nSPS) is 16.5. The summed E-state index contributed by atoms with van der Waals surface area (Å²) in [4.78, 5) is 2.85. The maximum absolute atomic E-state index is 5.55. The minimum Gasteiger partial charge on any atom is -0.326 e. The van der Waals surface area contributed by atoms with Crippen LogP contribution < -0.4 is 11.1 Å². The lowest BCUT2D eigenvalue weighted by Crippen LogP contribution is -2.21. The van der Waals surface area contributed by atoms with E-state index in [1.807, 2.05) is 11.3 Å². The molecule has 3 N–H and O–H groups in total. The molecule has 2 rings (SSSR count).